The van der Waals surface area contributed by atoms with Gasteiger partial charge in [-0.1, -0.05) is 0 Å². The predicted molar refractivity (Wildman–Crippen MR) is 49.0 cm³/mol. The topological polar surface area (TPSA) is 42.8 Å². The zero-order chi connectivity index (χ0) is 11.5. The molecule has 15 heavy (non-hydrogen) atoms. The molecular formula is C7H10F3N3OS. The SMILES string of the molecule is Cn1[nH]c(CCOCC(F)(F)F)nc1=S. The van der Waals surface area contributed by atoms with E-state index in [-0.39, 0.29) is 13.0 Å². The van der Waals surface area contributed by atoms with Crippen LogP contribution in [0.25, 0.3) is 0 Å². The molecule has 0 saturated heterocycles. The van der Waals surface area contributed by atoms with E-state index < -0.39 is 12.8 Å². The lowest BCUT2D eigenvalue weighted by Crippen LogP contribution is -2.18. The van der Waals surface area contributed by atoms with Crippen LogP contribution in [0, 0.1) is 4.77 Å². The Hall–Kier alpha value is -0.890. The zero-order valence-corrected chi connectivity index (χ0v) is 8.78. The van der Waals surface area contributed by atoms with E-state index in [4.69, 9.17) is 12.2 Å². The van der Waals surface area contributed by atoms with E-state index in [0.717, 1.165) is 0 Å². The summed E-state index contributed by atoms with van der Waals surface area (Å²) in [7, 11) is 1.68. The summed E-state index contributed by atoms with van der Waals surface area (Å²) in [6, 6.07) is 0. The number of nitrogens with zero attached hydrogens (tertiary/aromatic N) is 2. The maximum Gasteiger partial charge on any atom is 0.411 e. The van der Waals surface area contributed by atoms with E-state index in [1.54, 1.807) is 7.05 Å². The molecule has 0 aliphatic heterocycles. The highest BCUT2D eigenvalue weighted by molar-refractivity contribution is 7.71. The van der Waals surface area contributed by atoms with Crippen LogP contribution in [0.4, 0.5) is 13.2 Å². The van der Waals surface area contributed by atoms with Crippen LogP contribution in [-0.4, -0.2) is 34.2 Å². The molecule has 0 amide bonds. The standard InChI is InChI=1S/C7H10F3N3OS/c1-13-6(15)11-5(12-13)2-3-14-4-7(8,9)10/h2-4H2,1H3,(H,11,12,15). The quantitative estimate of drug-likeness (QED) is 0.643. The Labute approximate surface area is 89.1 Å². The predicted octanol–water partition coefficient (Wildman–Crippen LogP) is 1.60. The lowest BCUT2D eigenvalue weighted by molar-refractivity contribution is -0.173. The van der Waals surface area contributed by atoms with Gasteiger partial charge in [0, 0.05) is 13.5 Å². The average Bonchev–Trinajstić information content (AvgIpc) is 2.39. The fourth-order valence-electron chi connectivity index (χ4n) is 0.925. The number of halogens is 3. The molecule has 8 heteroatoms. The van der Waals surface area contributed by atoms with Gasteiger partial charge in [0.2, 0.25) is 4.77 Å². The fraction of sp³-hybridized carbons (Fsp3) is 0.714. The van der Waals surface area contributed by atoms with Gasteiger partial charge < -0.3 is 4.74 Å². The summed E-state index contributed by atoms with van der Waals surface area (Å²) in [5.74, 6) is 0.518. The van der Waals surface area contributed by atoms with Crippen LogP contribution in [-0.2, 0) is 18.2 Å². The first-order chi connectivity index (χ1) is 6.88. The summed E-state index contributed by atoms with van der Waals surface area (Å²) in [5.41, 5.74) is 0. The van der Waals surface area contributed by atoms with Crippen molar-refractivity contribution < 1.29 is 17.9 Å². The molecule has 1 aromatic rings. The van der Waals surface area contributed by atoms with Gasteiger partial charge in [0.15, 0.2) is 0 Å². The number of ether oxygens (including phenoxy) is 1. The van der Waals surface area contributed by atoms with E-state index in [2.05, 4.69) is 14.8 Å². The average molecular weight is 241 g/mol. The van der Waals surface area contributed by atoms with Crippen molar-refractivity contribution in [3.63, 3.8) is 0 Å². The number of aromatic amines is 1. The highest BCUT2D eigenvalue weighted by Gasteiger charge is 2.27. The molecular weight excluding hydrogens is 231 g/mol. The zero-order valence-electron chi connectivity index (χ0n) is 7.97. The van der Waals surface area contributed by atoms with Crippen molar-refractivity contribution in [1.29, 1.82) is 0 Å². The van der Waals surface area contributed by atoms with Crippen molar-refractivity contribution in [3.05, 3.63) is 10.6 Å². The number of hydrogen-bond acceptors (Lipinski definition) is 3. The van der Waals surface area contributed by atoms with Crippen LogP contribution in [0.2, 0.25) is 0 Å². The van der Waals surface area contributed by atoms with Gasteiger partial charge >= 0.3 is 6.18 Å². The van der Waals surface area contributed by atoms with Crippen molar-refractivity contribution in [2.75, 3.05) is 13.2 Å². The summed E-state index contributed by atoms with van der Waals surface area (Å²) < 4.78 is 41.3. The van der Waals surface area contributed by atoms with E-state index in [9.17, 15) is 13.2 Å². The van der Waals surface area contributed by atoms with Crippen LogP contribution < -0.4 is 0 Å². The number of nitrogens with one attached hydrogen (secondary N) is 1. The van der Waals surface area contributed by atoms with Crippen LogP contribution >= 0.6 is 12.2 Å². The van der Waals surface area contributed by atoms with Crippen LogP contribution in [0.3, 0.4) is 0 Å². The molecule has 0 fully saturated rings. The number of aromatic nitrogens is 3. The largest absolute Gasteiger partial charge is 0.411 e. The fourth-order valence-corrected chi connectivity index (χ4v) is 1.08. The molecule has 0 spiro atoms. The van der Waals surface area contributed by atoms with Gasteiger partial charge in [0.05, 0.1) is 6.61 Å². The Morgan fingerprint density at radius 1 is 1.53 bits per heavy atom. The summed E-state index contributed by atoms with van der Waals surface area (Å²) in [4.78, 5) is 3.91. The second kappa shape index (κ2) is 4.75. The van der Waals surface area contributed by atoms with Gasteiger partial charge in [0.1, 0.15) is 12.4 Å². The normalized spacial score (nSPS) is 12.0. The number of alkyl halides is 3. The van der Waals surface area contributed by atoms with Crippen LogP contribution in [0.1, 0.15) is 5.82 Å². The molecule has 1 heterocycles. The van der Waals surface area contributed by atoms with E-state index in [1.807, 2.05) is 0 Å². The molecule has 86 valence electrons. The number of H-pyrrole nitrogens is 1. The second-order valence-corrected chi connectivity index (χ2v) is 3.29. The summed E-state index contributed by atoms with van der Waals surface area (Å²) >= 11 is 4.81. The molecule has 0 aliphatic carbocycles. The Morgan fingerprint density at radius 2 is 2.20 bits per heavy atom. The van der Waals surface area contributed by atoms with Gasteiger partial charge in [-0.3, -0.25) is 9.78 Å². The van der Waals surface area contributed by atoms with Crippen LogP contribution in [0.15, 0.2) is 0 Å². The molecule has 0 bridgehead atoms. The van der Waals surface area contributed by atoms with E-state index >= 15 is 0 Å². The maximum atomic E-state index is 11.7. The van der Waals surface area contributed by atoms with Crippen molar-refractivity contribution in [3.8, 4) is 0 Å². The first-order valence-electron chi connectivity index (χ1n) is 4.15. The molecule has 0 aliphatic rings. The first kappa shape index (κ1) is 12.2. The Bertz CT molecular complexity index is 370. The lowest BCUT2D eigenvalue weighted by Gasteiger charge is -2.05. The first-order valence-corrected chi connectivity index (χ1v) is 4.56. The summed E-state index contributed by atoms with van der Waals surface area (Å²) in [6.45, 7) is -1.28. The van der Waals surface area contributed by atoms with Gasteiger partial charge in [-0.15, -0.1) is 0 Å². The number of hydrogen-bond donors (Lipinski definition) is 1. The summed E-state index contributed by atoms with van der Waals surface area (Å²) in [5, 5.41) is 2.78. The molecule has 0 unspecified atom stereocenters. The number of rotatable bonds is 4. The molecule has 4 nitrogen and oxygen atoms in total. The highest BCUT2D eigenvalue weighted by Crippen LogP contribution is 2.14. The van der Waals surface area contributed by atoms with Gasteiger partial charge in [-0.25, -0.2) is 4.98 Å². The smallest absolute Gasteiger partial charge is 0.372 e. The minimum absolute atomic E-state index is 0.0399. The molecule has 1 N–H and O–H groups in total. The minimum Gasteiger partial charge on any atom is -0.372 e. The maximum absolute atomic E-state index is 11.7. The van der Waals surface area contributed by atoms with Gasteiger partial charge in [0.25, 0.3) is 0 Å². The Kier molecular flexibility index (Phi) is 3.86. The second-order valence-electron chi connectivity index (χ2n) is 2.93. The lowest BCUT2D eigenvalue weighted by atomic mass is 10.4. The van der Waals surface area contributed by atoms with Gasteiger partial charge in [-0.05, 0) is 12.2 Å². The number of aryl methyl sites for hydroxylation is 1. The minimum atomic E-state index is -4.28. The Morgan fingerprint density at radius 3 is 2.67 bits per heavy atom. The van der Waals surface area contributed by atoms with Crippen LogP contribution in [0.5, 0.6) is 0 Å². The molecule has 1 rings (SSSR count). The molecule has 0 saturated carbocycles. The third kappa shape index (κ3) is 4.43. The van der Waals surface area contributed by atoms with Crippen molar-refractivity contribution >= 4 is 12.2 Å². The summed E-state index contributed by atoms with van der Waals surface area (Å²) in [6.07, 6.45) is -4.00. The van der Waals surface area contributed by atoms with Gasteiger partial charge in [-0.2, -0.15) is 13.2 Å². The molecule has 0 radical (unpaired) electrons. The monoisotopic (exact) mass is 241 g/mol. The Balaban J connectivity index is 2.29. The van der Waals surface area contributed by atoms with Crippen molar-refractivity contribution in [2.24, 2.45) is 7.05 Å². The van der Waals surface area contributed by atoms with Crippen molar-refractivity contribution in [1.82, 2.24) is 14.8 Å². The van der Waals surface area contributed by atoms with E-state index in [1.165, 1.54) is 4.68 Å². The third-order valence-corrected chi connectivity index (χ3v) is 1.93. The van der Waals surface area contributed by atoms with Crippen molar-refractivity contribution in [2.45, 2.75) is 12.6 Å². The highest BCUT2D eigenvalue weighted by atomic mass is 32.1. The third-order valence-electron chi connectivity index (χ3n) is 1.56. The molecule has 0 atom stereocenters. The molecule has 0 aromatic carbocycles. The van der Waals surface area contributed by atoms with E-state index in [0.29, 0.717) is 10.6 Å². The molecule has 1 aromatic heterocycles.